The van der Waals surface area contributed by atoms with E-state index in [2.05, 4.69) is 10.6 Å². The number of morpholine rings is 1. The standard InChI is InChI=1S/C10H20N2O3.C2H2O4/c1-10(2,3)15-9(13)12-7-8-6-11-4-5-14-8;3-1(4)2(5)6/h8,11H,4-7H2,1-3H3,(H,12,13);(H,3,4)(H,5,6)/t8-;/m0./s1. The summed E-state index contributed by atoms with van der Waals surface area (Å²) in [4.78, 5) is 29.5. The van der Waals surface area contributed by atoms with Gasteiger partial charge in [0.2, 0.25) is 0 Å². The van der Waals surface area contributed by atoms with Gasteiger partial charge >= 0.3 is 18.0 Å². The maximum atomic E-state index is 11.3. The summed E-state index contributed by atoms with van der Waals surface area (Å²) in [6, 6.07) is 0. The summed E-state index contributed by atoms with van der Waals surface area (Å²) in [5.41, 5.74) is -0.449. The third-order valence-corrected chi connectivity index (χ3v) is 2.06. The number of hydrogen-bond acceptors (Lipinski definition) is 6. The third-order valence-electron chi connectivity index (χ3n) is 2.06. The number of rotatable bonds is 2. The van der Waals surface area contributed by atoms with Gasteiger partial charge in [0, 0.05) is 19.6 Å². The first-order valence-corrected chi connectivity index (χ1v) is 6.37. The summed E-state index contributed by atoms with van der Waals surface area (Å²) in [7, 11) is 0. The summed E-state index contributed by atoms with van der Waals surface area (Å²) in [6.45, 7) is 8.35. The van der Waals surface area contributed by atoms with Gasteiger partial charge in [0.05, 0.1) is 12.7 Å². The van der Waals surface area contributed by atoms with E-state index in [1.165, 1.54) is 0 Å². The summed E-state index contributed by atoms with van der Waals surface area (Å²) < 4.78 is 10.5. The van der Waals surface area contributed by atoms with Crippen molar-refractivity contribution in [3.8, 4) is 0 Å². The van der Waals surface area contributed by atoms with E-state index in [0.717, 1.165) is 13.1 Å². The van der Waals surface area contributed by atoms with Crippen molar-refractivity contribution in [1.82, 2.24) is 10.6 Å². The smallest absolute Gasteiger partial charge is 0.414 e. The molecule has 4 N–H and O–H groups in total. The normalized spacial score (nSPS) is 18.0. The molecular formula is C12H22N2O7. The van der Waals surface area contributed by atoms with E-state index in [4.69, 9.17) is 29.3 Å². The van der Waals surface area contributed by atoms with Gasteiger partial charge in [0.15, 0.2) is 0 Å². The van der Waals surface area contributed by atoms with E-state index < -0.39 is 23.6 Å². The lowest BCUT2D eigenvalue weighted by Gasteiger charge is -2.25. The molecule has 122 valence electrons. The topological polar surface area (TPSA) is 134 Å². The molecule has 0 spiro atoms. The molecule has 1 saturated heterocycles. The Morgan fingerprint density at radius 1 is 1.29 bits per heavy atom. The first-order valence-electron chi connectivity index (χ1n) is 6.37. The van der Waals surface area contributed by atoms with E-state index in [-0.39, 0.29) is 6.10 Å². The lowest BCUT2D eigenvalue weighted by molar-refractivity contribution is -0.159. The predicted octanol–water partition coefficient (Wildman–Crippen LogP) is -0.345. The summed E-state index contributed by atoms with van der Waals surface area (Å²) >= 11 is 0. The minimum absolute atomic E-state index is 0.0475. The van der Waals surface area contributed by atoms with E-state index in [1.54, 1.807) is 0 Å². The first kappa shape index (κ1) is 19.1. The second kappa shape index (κ2) is 9.14. The zero-order valence-electron chi connectivity index (χ0n) is 12.3. The van der Waals surface area contributed by atoms with Crippen LogP contribution in [0.3, 0.4) is 0 Å². The van der Waals surface area contributed by atoms with Gasteiger partial charge in [-0.2, -0.15) is 0 Å². The molecule has 0 unspecified atom stereocenters. The maximum absolute atomic E-state index is 11.3. The van der Waals surface area contributed by atoms with Crippen molar-refractivity contribution in [3.63, 3.8) is 0 Å². The Labute approximate surface area is 122 Å². The number of aliphatic carboxylic acids is 2. The SMILES string of the molecule is CC(C)(C)OC(=O)NC[C@@H]1CNCCO1.O=C(O)C(=O)O. The molecule has 0 aromatic heterocycles. The minimum Gasteiger partial charge on any atom is -0.473 e. The fourth-order valence-electron chi connectivity index (χ4n) is 1.26. The van der Waals surface area contributed by atoms with Gasteiger partial charge in [-0.3, -0.25) is 0 Å². The van der Waals surface area contributed by atoms with Crippen LogP contribution in [-0.4, -0.2) is 66.2 Å². The second-order valence-corrected chi connectivity index (χ2v) is 5.19. The van der Waals surface area contributed by atoms with Crippen molar-refractivity contribution in [3.05, 3.63) is 0 Å². The van der Waals surface area contributed by atoms with Crippen molar-refractivity contribution >= 4 is 18.0 Å². The number of carboxylic acid groups (broad SMARTS) is 2. The highest BCUT2D eigenvalue weighted by Gasteiger charge is 2.18. The molecule has 1 amide bonds. The Balaban J connectivity index is 0.000000567. The molecule has 1 fully saturated rings. The van der Waals surface area contributed by atoms with Crippen LogP contribution < -0.4 is 10.6 Å². The number of ether oxygens (including phenoxy) is 2. The highest BCUT2D eigenvalue weighted by molar-refractivity contribution is 6.27. The Morgan fingerprint density at radius 2 is 1.86 bits per heavy atom. The molecule has 0 saturated carbocycles. The van der Waals surface area contributed by atoms with Crippen LogP contribution in [0, 0.1) is 0 Å². The molecular weight excluding hydrogens is 284 g/mol. The van der Waals surface area contributed by atoms with Crippen molar-refractivity contribution in [2.75, 3.05) is 26.2 Å². The zero-order valence-corrected chi connectivity index (χ0v) is 12.3. The molecule has 9 nitrogen and oxygen atoms in total. The van der Waals surface area contributed by atoms with E-state index in [0.29, 0.717) is 13.2 Å². The molecule has 1 rings (SSSR count). The predicted molar refractivity (Wildman–Crippen MR) is 72.1 cm³/mol. The van der Waals surface area contributed by atoms with Crippen LogP contribution in [0.25, 0.3) is 0 Å². The summed E-state index contributed by atoms with van der Waals surface area (Å²) in [6.07, 6.45) is -0.344. The summed E-state index contributed by atoms with van der Waals surface area (Å²) in [5.74, 6) is -3.65. The van der Waals surface area contributed by atoms with Crippen LogP contribution in [0.1, 0.15) is 20.8 Å². The molecule has 0 aromatic rings. The second-order valence-electron chi connectivity index (χ2n) is 5.19. The van der Waals surface area contributed by atoms with Crippen molar-refractivity contribution in [2.45, 2.75) is 32.5 Å². The van der Waals surface area contributed by atoms with Crippen molar-refractivity contribution in [2.24, 2.45) is 0 Å². The lowest BCUT2D eigenvalue weighted by Crippen LogP contribution is -2.46. The number of nitrogens with one attached hydrogen (secondary N) is 2. The average molecular weight is 306 g/mol. The molecule has 0 radical (unpaired) electrons. The van der Waals surface area contributed by atoms with Gasteiger partial charge in [-0.1, -0.05) is 0 Å². The number of amides is 1. The van der Waals surface area contributed by atoms with Gasteiger partial charge < -0.3 is 30.3 Å². The average Bonchev–Trinajstić information content (AvgIpc) is 2.36. The number of carbonyl (C=O) groups excluding carboxylic acids is 1. The summed E-state index contributed by atoms with van der Waals surface area (Å²) in [5, 5.41) is 20.7. The molecule has 0 aromatic carbocycles. The molecule has 9 heteroatoms. The first-order chi connectivity index (χ1) is 9.61. The molecule has 1 aliphatic rings. The number of hydrogen-bond donors (Lipinski definition) is 4. The van der Waals surface area contributed by atoms with Gasteiger partial charge in [-0.25, -0.2) is 14.4 Å². The minimum atomic E-state index is -1.82. The molecule has 0 aliphatic carbocycles. The molecule has 1 atom stereocenters. The monoisotopic (exact) mass is 306 g/mol. The molecule has 21 heavy (non-hydrogen) atoms. The highest BCUT2D eigenvalue weighted by Crippen LogP contribution is 2.06. The van der Waals surface area contributed by atoms with E-state index in [1.807, 2.05) is 20.8 Å². The van der Waals surface area contributed by atoms with Crippen LogP contribution in [0.4, 0.5) is 4.79 Å². The Hall–Kier alpha value is -1.87. The maximum Gasteiger partial charge on any atom is 0.414 e. The number of carboxylic acids is 2. The number of carbonyl (C=O) groups is 3. The third kappa shape index (κ3) is 11.6. The van der Waals surface area contributed by atoms with Crippen LogP contribution >= 0.6 is 0 Å². The Bertz CT molecular complexity index is 347. The quantitative estimate of drug-likeness (QED) is 0.509. The highest BCUT2D eigenvalue weighted by atomic mass is 16.6. The van der Waals surface area contributed by atoms with E-state index in [9.17, 15) is 4.79 Å². The van der Waals surface area contributed by atoms with Crippen LogP contribution in [-0.2, 0) is 19.1 Å². The Kier molecular flexibility index (Phi) is 8.32. The van der Waals surface area contributed by atoms with Crippen LogP contribution in [0.5, 0.6) is 0 Å². The fraction of sp³-hybridized carbons (Fsp3) is 0.750. The van der Waals surface area contributed by atoms with Crippen molar-refractivity contribution < 1.29 is 34.1 Å². The lowest BCUT2D eigenvalue weighted by atomic mass is 10.2. The van der Waals surface area contributed by atoms with Crippen LogP contribution in [0.2, 0.25) is 0 Å². The molecule has 1 heterocycles. The van der Waals surface area contributed by atoms with Gasteiger partial charge in [-0.05, 0) is 20.8 Å². The van der Waals surface area contributed by atoms with Gasteiger partial charge in [-0.15, -0.1) is 0 Å². The van der Waals surface area contributed by atoms with Crippen molar-refractivity contribution in [1.29, 1.82) is 0 Å². The zero-order chi connectivity index (χ0) is 16.5. The van der Waals surface area contributed by atoms with Crippen LogP contribution in [0.15, 0.2) is 0 Å². The fourth-order valence-corrected chi connectivity index (χ4v) is 1.26. The number of alkyl carbamates (subject to hydrolysis) is 1. The molecule has 0 bridgehead atoms. The Morgan fingerprint density at radius 3 is 2.24 bits per heavy atom. The largest absolute Gasteiger partial charge is 0.473 e. The molecule has 1 aliphatic heterocycles. The van der Waals surface area contributed by atoms with Gasteiger partial charge in [0.25, 0.3) is 0 Å². The van der Waals surface area contributed by atoms with E-state index >= 15 is 0 Å². The van der Waals surface area contributed by atoms with Gasteiger partial charge in [0.1, 0.15) is 5.60 Å².